The van der Waals surface area contributed by atoms with Crippen LogP contribution in [0.4, 0.5) is 5.69 Å². The molecule has 1 saturated carbocycles. The Morgan fingerprint density at radius 1 is 1.21 bits per heavy atom. The molecule has 2 aromatic carbocycles. The van der Waals surface area contributed by atoms with Gasteiger partial charge in [-0.15, -0.1) is 0 Å². The summed E-state index contributed by atoms with van der Waals surface area (Å²) in [7, 11) is -2.22. The second-order valence-corrected chi connectivity index (χ2v) is 19.4. The largest absolute Gasteiger partial charge is 0.490 e. The zero-order valence-corrected chi connectivity index (χ0v) is 27.3. The van der Waals surface area contributed by atoms with Crippen molar-refractivity contribution in [1.82, 2.24) is 0 Å². The number of fused-ring (bicyclic) bond motifs is 3. The van der Waals surface area contributed by atoms with Crippen LogP contribution in [-0.2, 0) is 16.3 Å². The molecule has 0 saturated heterocycles. The number of aliphatic hydroxyl groups excluding tert-OH is 2. The lowest BCUT2D eigenvalue weighted by molar-refractivity contribution is -0.0731. The molecule has 5 rings (SSSR count). The van der Waals surface area contributed by atoms with E-state index in [0.717, 1.165) is 42.8 Å². The van der Waals surface area contributed by atoms with Gasteiger partial charge in [0.15, 0.2) is 8.32 Å². The van der Waals surface area contributed by atoms with Crippen molar-refractivity contribution in [3.05, 3.63) is 58.1 Å². The minimum absolute atomic E-state index is 0.0301. The van der Waals surface area contributed by atoms with Crippen LogP contribution in [0.5, 0.6) is 5.75 Å². The fourth-order valence-electron chi connectivity index (χ4n) is 6.86. The first kappa shape index (κ1) is 31.3. The number of hydrogen-bond donors (Lipinski definition) is 3. The first-order valence-electron chi connectivity index (χ1n) is 15.3. The van der Waals surface area contributed by atoms with E-state index < -0.39 is 26.5 Å². The number of anilines is 1. The summed E-state index contributed by atoms with van der Waals surface area (Å²) in [6.07, 6.45) is 3.46. The molecule has 7 nitrogen and oxygen atoms in total. The maximum absolute atomic E-state index is 12.0. The summed E-state index contributed by atoms with van der Waals surface area (Å²) in [5.41, 5.74) is 3.28. The van der Waals surface area contributed by atoms with Gasteiger partial charge in [-0.2, -0.15) is 0 Å². The number of halogens is 1. The van der Waals surface area contributed by atoms with Gasteiger partial charge in [-0.05, 0) is 104 Å². The fourth-order valence-corrected chi connectivity index (χ4v) is 8.42. The molecular formula is C33H46ClNO6Si. The molecule has 3 aliphatic rings. The van der Waals surface area contributed by atoms with Crippen LogP contribution < -0.4 is 9.64 Å². The summed E-state index contributed by atoms with van der Waals surface area (Å²) >= 11 is 6.39. The number of aryl methyl sites for hydroxylation is 1. The van der Waals surface area contributed by atoms with E-state index in [4.69, 9.17) is 20.8 Å². The molecule has 2 aromatic rings. The topological polar surface area (TPSA) is 99.5 Å². The van der Waals surface area contributed by atoms with Gasteiger partial charge >= 0.3 is 5.97 Å². The molecule has 0 radical (unpaired) electrons. The highest BCUT2D eigenvalue weighted by Gasteiger charge is 2.48. The van der Waals surface area contributed by atoms with Gasteiger partial charge in [-0.3, -0.25) is 0 Å². The molecule has 3 N–H and O–H groups in total. The Morgan fingerprint density at radius 2 is 1.98 bits per heavy atom. The van der Waals surface area contributed by atoms with Crippen LogP contribution in [0.2, 0.25) is 23.2 Å². The molecule has 9 heteroatoms. The van der Waals surface area contributed by atoms with Crippen LogP contribution in [0, 0.1) is 11.8 Å². The molecule has 2 aliphatic carbocycles. The highest BCUT2D eigenvalue weighted by Crippen LogP contribution is 2.48. The molecule has 3 unspecified atom stereocenters. The van der Waals surface area contributed by atoms with Crippen LogP contribution >= 0.6 is 11.6 Å². The van der Waals surface area contributed by atoms with E-state index in [-0.39, 0.29) is 34.5 Å². The number of aliphatic hydroxyl groups is 2. The van der Waals surface area contributed by atoms with E-state index in [1.54, 1.807) is 18.2 Å². The van der Waals surface area contributed by atoms with E-state index in [1.165, 1.54) is 11.1 Å². The van der Waals surface area contributed by atoms with E-state index >= 15 is 0 Å². The van der Waals surface area contributed by atoms with Crippen molar-refractivity contribution in [1.29, 1.82) is 0 Å². The SMILES string of the molecule is CC(C)(C)[Si](C)(C)OC(C(O)CO)[C@@H]1CC[C@H]1CN1CC2(CCCc3cc(Cl)ccc32)COc2ccc(C(=O)O)cc21. The van der Waals surface area contributed by atoms with Crippen LogP contribution in [0.25, 0.3) is 0 Å². The maximum Gasteiger partial charge on any atom is 0.335 e. The first-order valence-corrected chi connectivity index (χ1v) is 18.5. The van der Waals surface area contributed by atoms with Gasteiger partial charge in [0, 0.05) is 23.5 Å². The molecule has 1 spiro atoms. The average molecular weight is 616 g/mol. The minimum atomic E-state index is -2.22. The zero-order chi connectivity index (χ0) is 30.4. The van der Waals surface area contributed by atoms with Crippen LogP contribution in [0.15, 0.2) is 36.4 Å². The second-order valence-electron chi connectivity index (χ2n) is 14.2. The highest BCUT2D eigenvalue weighted by molar-refractivity contribution is 6.74. The predicted octanol–water partition coefficient (Wildman–Crippen LogP) is 6.28. The predicted molar refractivity (Wildman–Crippen MR) is 169 cm³/mol. The fraction of sp³-hybridized carbons (Fsp3) is 0.606. The lowest BCUT2D eigenvalue weighted by Crippen LogP contribution is -2.55. The van der Waals surface area contributed by atoms with Crippen molar-refractivity contribution in [2.75, 3.05) is 31.2 Å². The number of ether oxygens (including phenoxy) is 1. The molecular weight excluding hydrogens is 570 g/mol. The Balaban J connectivity index is 1.50. The van der Waals surface area contributed by atoms with Crippen LogP contribution in [0.1, 0.15) is 67.9 Å². The summed E-state index contributed by atoms with van der Waals surface area (Å²) in [4.78, 5) is 14.3. The molecule has 0 amide bonds. The smallest absolute Gasteiger partial charge is 0.335 e. The molecule has 0 bridgehead atoms. The van der Waals surface area contributed by atoms with Crippen LogP contribution in [0.3, 0.4) is 0 Å². The van der Waals surface area contributed by atoms with E-state index in [2.05, 4.69) is 50.9 Å². The highest BCUT2D eigenvalue weighted by atomic mass is 35.5. The van der Waals surface area contributed by atoms with Crippen molar-refractivity contribution in [2.45, 2.75) is 88.6 Å². The molecule has 0 aromatic heterocycles. The number of aromatic carboxylic acids is 1. The van der Waals surface area contributed by atoms with Gasteiger partial charge in [0.25, 0.3) is 0 Å². The van der Waals surface area contributed by atoms with Crippen molar-refractivity contribution in [3.8, 4) is 5.75 Å². The third-order valence-corrected chi connectivity index (χ3v) is 15.1. The number of hydrogen-bond acceptors (Lipinski definition) is 6. The van der Waals surface area contributed by atoms with Gasteiger partial charge in [0.05, 0.1) is 30.6 Å². The number of carboxylic acid groups (broad SMARTS) is 1. The van der Waals surface area contributed by atoms with Gasteiger partial charge in [0.2, 0.25) is 0 Å². The monoisotopic (exact) mass is 615 g/mol. The molecule has 1 aliphatic heterocycles. The summed E-state index contributed by atoms with van der Waals surface area (Å²) in [5.74, 6) is 0.0266. The van der Waals surface area contributed by atoms with E-state index in [0.29, 0.717) is 25.4 Å². The summed E-state index contributed by atoms with van der Waals surface area (Å²) < 4.78 is 13.3. The van der Waals surface area contributed by atoms with E-state index in [1.807, 2.05) is 6.07 Å². The van der Waals surface area contributed by atoms with Crippen molar-refractivity contribution >= 4 is 31.6 Å². The summed E-state index contributed by atoms with van der Waals surface area (Å²) in [5, 5.41) is 31.5. The summed E-state index contributed by atoms with van der Waals surface area (Å²) in [6.45, 7) is 12.5. The number of rotatable bonds is 8. The van der Waals surface area contributed by atoms with Crippen molar-refractivity contribution in [3.63, 3.8) is 0 Å². The second kappa shape index (κ2) is 11.8. The van der Waals surface area contributed by atoms with Crippen LogP contribution in [-0.4, -0.2) is 68.1 Å². The van der Waals surface area contributed by atoms with Gasteiger partial charge in [0.1, 0.15) is 11.9 Å². The molecule has 1 fully saturated rings. The average Bonchev–Trinajstić information content (AvgIpc) is 3.06. The van der Waals surface area contributed by atoms with Crippen molar-refractivity contribution in [2.24, 2.45) is 11.8 Å². The molecule has 1 heterocycles. The Labute approximate surface area is 255 Å². The lowest BCUT2D eigenvalue weighted by atomic mass is 9.68. The third-order valence-electron chi connectivity index (χ3n) is 10.4. The quantitative estimate of drug-likeness (QED) is 0.301. The van der Waals surface area contributed by atoms with Gasteiger partial charge in [-0.1, -0.05) is 38.4 Å². The standard InChI is InChI=1S/C33H46ClNO6Si/c1-32(2,3)42(4,5)41-30(28(37)18-36)25-11-8-23(25)17-35-19-33(14-6-7-21-15-24(34)10-12-26(21)33)20-40-29-13-9-22(31(38)39)16-27(29)35/h9-10,12-13,15-16,23,25,28,30,36-37H,6-8,11,14,17-20H2,1-5H3,(H,38,39)/t23-,25+,28?,30?,33?/m0/s1. The normalized spacial score (nSPS) is 25.5. The Bertz CT molecular complexity index is 1310. The molecule has 42 heavy (non-hydrogen) atoms. The number of carboxylic acids is 1. The number of nitrogens with zero attached hydrogens (tertiary/aromatic N) is 1. The maximum atomic E-state index is 12.0. The van der Waals surface area contributed by atoms with E-state index in [9.17, 15) is 20.1 Å². The lowest BCUT2D eigenvalue weighted by Gasteiger charge is -2.50. The van der Waals surface area contributed by atoms with Gasteiger partial charge in [-0.25, -0.2) is 4.79 Å². The number of benzene rings is 2. The summed E-state index contributed by atoms with van der Waals surface area (Å²) in [6, 6.07) is 11.3. The first-order chi connectivity index (χ1) is 19.7. The Morgan fingerprint density at radius 3 is 2.62 bits per heavy atom. The number of carbonyl (C=O) groups is 1. The Kier molecular flexibility index (Phi) is 8.78. The zero-order valence-electron chi connectivity index (χ0n) is 25.5. The molecule has 230 valence electrons. The molecule has 5 atom stereocenters. The van der Waals surface area contributed by atoms with Crippen molar-refractivity contribution < 1.29 is 29.3 Å². The minimum Gasteiger partial charge on any atom is -0.490 e. The Hall–Kier alpha value is -2.10. The third kappa shape index (κ3) is 5.98. The van der Waals surface area contributed by atoms with Gasteiger partial charge < -0.3 is 29.4 Å².